The van der Waals surface area contributed by atoms with E-state index in [0.29, 0.717) is 6.61 Å². The molecule has 1 aromatic heterocycles. The van der Waals surface area contributed by atoms with Gasteiger partial charge in [-0.25, -0.2) is 0 Å². The van der Waals surface area contributed by atoms with Crippen LogP contribution in [-0.2, 0) is 4.74 Å². The number of aromatic nitrogens is 1. The van der Waals surface area contributed by atoms with Crippen molar-refractivity contribution in [3.63, 3.8) is 0 Å². The molecule has 0 bridgehead atoms. The second-order valence-corrected chi connectivity index (χ2v) is 3.59. The van der Waals surface area contributed by atoms with Gasteiger partial charge in [-0.1, -0.05) is 0 Å². The molecule has 0 saturated heterocycles. The maximum Gasteiger partial charge on any atom is 0.0813 e. The molecule has 1 rings (SSSR count). The summed E-state index contributed by atoms with van der Waals surface area (Å²) in [5.74, 6) is 0. The predicted molar refractivity (Wildman–Crippen MR) is 53.4 cm³/mol. The first kappa shape index (κ1) is 10.6. The fourth-order valence-corrected chi connectivity index (χ4v) is 1.36. The minimum atomic E-state index is -0.0304. The van der Waals surface area contributed by atoms with Gasteiger partial charge in [0.15, 0.2) is 0 Å². The summed E-state index contributed by atoms with van der Waals surface area (Å²) in [5.41, 5.74) is 1.00. The molecule has 0 aliphatic heterocycles. The first-order chi connectivity index (χ1) is 6.24. The van der Waals surface area contributed by atoms with Crippen molar-refractivity contribution in [2.24, 2.45) is 0 Å². The standard InChI is InChI=1S/C9H12BrNO2/c1-7(13-3-2-12)8-4-9(10)6-11-5-8/h4-7,12H,2-3H2,1H3. The van der Waals surface area contributed by atoms with Gasteiger partial charge >= 0.3 is 0 Å². The summed E-state index contributed by atoms with van der Waals surface area (Å²) in [5, 5.41) is 8.57. The van der Waals surface area contributed by atoms with Crippen LogP contribution >= 0.6 is 15.9 Å². The lowest BCUT2D eigenvalue weighted by Crippen LogP contribution is -2.04. The van der Waals surface area contributed by atoms with Gasteiger partial charge in [-0.15, -0.1) is 0 Å². The smallest absolute Gasteiger partial charge is 0.0813 e. The van der Waals surface area contributed by atoms with Crippen LogP contribution in [0.1, 0.15) is 18.6 Å². The summed E-state index contributed by atoms with van der Waals surface area (Å²) < 4.78 is 6.26. The zero-order valence-corrected chi connectivity index (χ0v) is 8.99. The molecule has 1 aromatic rings. The summed E-state index contributed by atoms with van der Waals surface area (Å²) in [6, 6.07) is 1.95. The van der Waals surface area contributed by atoms with E-state index >= 15 is 0 Å². The highest BCUT2D eigenvalue weighted by Gasteiger charge is 2.05. The van der Waals surface area contributed by atoms with Crippen LogP contribution in [-0.4, -0.2) is 23.3 Å². The minimum absolute atomic E-state index is 0.0304. The van der Waals surface area contributed by atoms with Crippen LogP contribution < -0.4 is 0 Å². The number of aliphatic hydroxyl groups excluding tert-OH is 1. The Morgan fingerprint density at radius 1 is 1.62 bits per heavy atom. The Morgan fingerprint density at radius 2 is 2.38 bits per heavy atom. The monoisotopic (exact) mass is 245 g/mol. The van der Waals surface area contributed by atoms with Crippen LogP contribution in [0.2, 0.25) is 0 Å². The Kier molecular flexibility index (Phi) is 4.35. The Balaban J connectivity index is 2.60. The average molecular weight is 246 g/mol. The predicted octanol–water partition coefficient (Wildman–Crippen LogP) is 1.91. The molecule has 0 fully saturated rings. The number of aliphatic hydroxyl groups is 1. The van der Waals surface area contributed by atoms with Crippen molar-refractivity contribution in [3.05, 3.63) is 28.5 Å². The topological polar surface area (TPSA) is 42.4 Å². The van der Waals surface area contributed by atoms with Crippen molar-refractivity contribution < 1.29 is 9.84 Å². The second kappa shape index (κ2) is 5.32. The highest BCUT2D eigenvalue weighted by molar-refractivity contribution is 9.10. The van der Waals surface area contributed by atoms with Gasteiger partial charge < -0.3 is 9.84 Å². The fourth-order valence-electron chi connectivity index (χ4n) is 0.976. The van der Waals surface area contributed by atoms with Crippen LogP contribution in [0.3, 0.4) is 0 Å². The van der Waals surface area contributed by atoms with E-state index in [-0.39, 0.29) is 12.7 Å². The maximum atomic E-state index is 8.57. The van der Waals surface area contributed by atoms with Crippen LogP contribution in [0.25, 0.3) is 0 Å². The summed E-state index contributed by atoms with van der Waals surface area (Å²) in [4.78, 5) is 4.02. The normalized spacial score (nSPS) is 12.8. The van der Waals surface area contributed by atoms with Gasteiger partial charge in [0.1, 0.15) is 0 Å². The third-order valence-electron chi connectivity index (χ3n) is 1.65. The van der Waals surface area contributed by atoms with Crippen LogP contribution in [0.5, 0.6) is 0 Å². The molecule has 1 heterocycles. The van der Waals surface area contributed by atoms with E-state index in [9.17, 15) is 0 Å². The van der Waals surface area contributed by atoms with Crippen molar-refractivity contribution in [2.45, 2.75) is 13.0 Å². The summed E-state index contributed by atoms with van der Waals surface area (Å²) in [6.07, 6.45) is 3.45. The number of hydrogen-bond acceptors (Lipinski definition) is 3. The van der Waals surface area contributed by atoms with Gasteiger partial charge in [0.05, 0.1) is 19.3 Å². The van der Waals surface area contributed by atoms with Crippen molar-refractivity contribution in [3.8, 4) is 0 Å². The van der Waals surface area contributed by atoms with Gasteiger partial charge in [0.2, 0.25) is 0 Å². The number of ether oxygens (including phenoxy) is 1. The highest BCUT2D eigenvalue weighted by atomic mass is 79.9. The molecule has 0 radical (unpaired) electrons. The van der Waals surface area contributed by atoms with Crippen molar-refractivity contribution in [1.29, 1.82) is 0 Å². The van der Waals surface area contributed by atoms with Crippen molar-refractivity contribution in [2.75, 3.05) is 13.2 Å². The first-order valence-electron chi connectivity index (χ1n) is 4.07. The van der Waals surface area contributed by atoms with Crippen LogP contribution in [0.4, 0.5) is 0 Å². The summed E-state index contributed by atoms with van der Waals surface area (Å²) in [6.45, 7) is 2.33. The van der Waals surface area contributed by atoms with E-state index in [1.54, 1.807) is 12.4 Å². The lowest BCUT2D eigenvalue weighted by atomic mass is 10.2. The Labute approximate surface area is 85.9 Å². The van der Waals surface area contributed by atoms with Crippen molar-refractivity contribution in [1.82, 2.24) is 4.98 Å². The molecule has 3 nitrogen and oxygen atoms in total. The molecule has 0 spiro atoms. The summed E-state index contributed by atoms with van der Waals surface area (Å²) >= 11 is 3.33. The van der Waals surface area contributed by atoms with E-state index in [2.05, 4.69) is 20.9 Å². The molecular weight excluding hydrogens is 234 g/mol. The molecule has 72 valence electrons. The van der Waals surface area contributed by atoms with Crippen LogP contribution in [0, 0.1) is 0 Å². The van der Waals surface area contributed by atoms with Crippen LogP contribution in [0.15, 0.2) is 22.9 Å². The molecule has 0 aliphatic carbocycles. The van der Waals surface area contributed by atoms with E-state index in [1.165, 1.54) is 0 Å². The van der Waals surface area contributed by atoms with E-state index in [0.717, 1.165) is 10.0 Å². The fraction of sp³-hybridized carbons (Fsp3) is 0.444. The molecule has 1 atom stereocenters. The highest BCUT2D eigenvalue weighted by Crippen LogP contribution is 2.18. The number of rotatable bonds is 4. The van der Waals surface area contributed by atoms with E-state index in [1.807, 2.05) is 13.0 Å². The zero-order chi connectivity index (χ0) is 9.68. The maximum absolute atomic E-state index is 8.57. The summed E-state index contributed by atoms with van der Waals surface area (Å²) in [7, 11) is 0. The molecule has 4 heteroatoms. The molecule has 1 N–H and O–H groups in total. The SMILES string of the molecule is CC(OCCO)c1cncc(Br)c1. The second-order valence-electron chi connectivity index (χ2n) is 2.67. The molecular formula is C9H12BrNO2. The van der Waals surface area contributed by atoms with Gasteiger partial charge in [0.25, 0.3) is 0 Å². The van der Waals surface area contributed by atoms with Gasteiger partial charge in [-0.05, 0) is 34.5 Å². The lowest BCUT2D eigenvalue weighted by molar-refractivity contribution is 0.0383. The average Bonchev–Trinajstić information content (AvgIpc) is 2.14. The molecule has 0 aliphatic rings. The Morgan fingerprint density at radius 3 is 3.00 bits per heavy atom. The van der Waals surface area contributed by atoms with Crippen molar-refractivity contribution >= 4 is 15.9 Å². The zero-order valence-electron chi connectivity index (χ0n) is 7.40. The number of pyridine rings is 1. The van der Waals surface area contributed by atoms with Gasteiger partial charge in [-0.2, -0.15) is 0 Å². The molecule has 13 heavy (non-hydrogen) atoms. The lowest BCUT2D eigenvalue weighted by Gasteiger charge is -2.11. The third kappa shape index (κ3) is 3.42. The minimum Gasteiger partial charge on any atom is -0.394 e. The van der Waals surface area contributed by atoms with E-state index in [4.69, 9.17) is 9.84 Å². The molecule has 0 amide bonds. The Hall–Kier alpha value is -0.450. The number of hydrogen-bond donors (Lipinski definition) is 1. The van der Waals surface area contributed by atoms with E-state index < -0.39 is 0 Å². The quantitative estimate of drug-likeness (QED) is 0.882. The number of nitrogens with zero attached hydrogens (tertiary/aromatic N) is 1. The van der Waals surface area contributed by atoms with Gasteiger partial charge in [0, 0.05) is 16.9 Å². The number of halogens is 1. The third-order valence-corrected chi connectivity index (χ3v) is 2.09. The Bertz CT molecular complexity index is 268. The molecule has 0 saturated carbocycles. The first-order valence-corrected chi connectivity index (χ1v) is 4.86. The molecule has 1 unspecified atom stereocenters. The van der Waals surface area contributed by atoms with Gasteiger partial charge in [-0.3, -0.25) is 4.98 Å². The largest absolute Gasteiger partial charge is 0.394 e. The molecule has 0 aromatic carbocycles.